The number of amides is 1. The zero-order valence-electron chi connectivity index (χ0n) is 18.9. The molecule has 1 aromatic heterocycles. The van der Waals surface area contributed by atoms with Gasteiger partial charge in [0.2, 0.25) is 0 Å². The molecule has 1 aliphatic rings. The second kappa shape index (κ2) is 9.81. The predicted octanol–water partition coefficient (Wildman–Crippen LogP) is 5.11. The lowest BCUT2D eigenvalue weighted by molar-refractivity contribution is -0.140. The standard InChI is InChI=1S/C25H24F3N3O4/c1-35-17-10-8-14(9-11-17)23(32)30-16-5-2-4-15(12-16)29-20-13-21(25(26,27)28)31-22-18(20)6-3-7-19(22)24(33)34/h3,6-11,13,15-16H,2,4-5,12H2,1H3,(H,29,31)(H,30,32)(H,33,34)/t15-,16+/m0/s1. The molecule has 7 nitrogen and oxygen atoms in total. The van der Waals surface area contributed by atoms with Crippen LogP contribution in [0.1, 0.15) is 52.1 Å². The third-order valence-corrected chi connectivity index (χ3v) is 6.08. The van der Waals surface area contributed by atoms with Crippen molar-refractivity contribution in [2.75, 3.05) is 12.4 Å². The Bertz CT molecular complexity index is 1250. The minimum Gasteiger partial charge on any atom is -0.497 e. The maximum atomic E-state index is 13.5. The first-order valence-electron chi connectivity index (χ1n) is 11.1. The number of carboxylic acid groups (broad SMARTS) is 1. The number of carbonyl (C=O) groups excluding carboxylic acids is 1. The van der Waals surface area contributed by atoms with Crippen LogP contribution in [0.3, 0.4) is 0 Å². The van der Waals surface area contributed by atoms with Gasteiger partial charge < -0.3 is 20.5 Å². The maximum absolute atomic E-state index is 13.5. The Morgan fingerprint density at radius 3 is 2.46 bits per heavy atom. The molecule has 2 atom stereocenters. The summed E-state index contributed by atoms with van der Waals surface area (Å²) in [5.74, 6) is -0.956. The van der Waals surface area contributed by atoms with Gasteiger partial charge in [0.25, 0.3) is 5.91 Å². The SMILES string of the molecule is COc1ccc(C(=O)N[C@@H]2CCC[C@H](Nc3cc(C(F)(F)F)nc4c(C(=O)O)cccc34)C2)cc1. The van der Waals surface area contributed by atoms with Crippen LogP contribution in [0, 0.1) is 0 Å². The third-order valence-electron chi connectivity index (χ3n) is 6.08. The lowest BCUT2D eigenvalue weighted by Gasteiger charge is -2.31. The first kappa shape index (κ1) is 24.3. The van der Waals surface area contributed by atoms with Crippen LogP contribution in [-0.2, 0) is 6.18 Å². The molecule has 0 spiro atoms. The van der Waals surface area contributed by atoms with Gasteiger partial charge in [0.05, 0.1) is 18.2 Å². The topological polar surface area (TPSA) is 101 Å². The molecule has 10 heteroatoms. The normalized spacial score (nSPS) is 18.2. The van der Waals surface area contributed by atoms with Crippen LogP contribution < -0.4 is 15.4 Å². The van der Waals surface area contributed by atoms with Crippen molar-refractivity contribution in [2.24, 2.45) is 0 Å². The molecule has 1 amide bonds. The van der Waals surface area contributed by atoms with Crippen molar-refractivity contribution in [2.45, 2.75) is 43.9 Å². The number of nitrogens with zero attached hydrogens (tertiary/aromatic N) is 1. The Hall–Kier alpha value is -3.82. The summed E-state index contributed by atoms with van der Waals surface area (Å²) in [6.45, 7) is 0. The lowest BCUT2D eigenvalue weighted by Crippen LogP contribution is -2.41. The number of aromatic nitrogens is 1. The molecular weight excluding hydrogens is 463 g/mol. The molecule has 0 radical (unpaired) electrons. The van der Waals surface area contributed by atoms with Crippen molar-refractivity contribution in [3.05, 3.63) is 65.4 Å². The van der Waals surface area contributed by atoms with E-state index in [9.17, 15) is 27.9 Å². The summed E-state index contributed by atoms with van der Waals surface area (Å²) < 4.78 is 45.7. The largest absolute Gasteiger partial charge is 0.497 e. The Balaban J connectivity index is 1.55. The lowest BCUT2D eigenvalue weighted by atomic mass is 9.90. The van der Waals surface area contributed by atoms with E-state index >= 15 is 0 Å². The minimum absolute atomic E-state index is 0.164. The smallest absolute Gasteiger partial charge is 0.433 e. The van der Waals surface area contributed by atoms with Crippen LogP contribution in [0.5, 0.6) is 5.75 Å². The number of carboxylic acids is 1. The van der Waals surface area contributed by atoms with E-state index < -0.39 is 17.8 Å². The average Bonchev–Trinajstić information content (AvgIpc) is 2.83. The zero-order valence-corrected chi connectivity index (χ0v) is 18.9. The van der Waals surface area contributed by atoms with Crippen LogP contribution in [-0.4, -0.2) is 41.2 Å². The van der Waals surface area contributed by atoms with E-state index in [1.165, 1.54) is 19.2 Å². The predicted molar refractivity (Wildman–Crippen MR) is 124 cm³/mol. The molecule has 1 saturated carbocycles. The van der Waals surface area contributed by atoms with Crippen molar-refractivity contribution < 1.29 is 32.6 Å². The molecule has 35 heavy (non-hydrogen) atoms. The summed E-state index contributed by atoms with van der Waals surface area (Å²) in [5.41, 5.74) is -1.04. The molecule has 4 rings (SSSR count). The monoisotopic (exact) mass is 487 g/mol. The molecule has 1 fully saturated rings. The van der Waals surface area contributed by atoms with Crippen LogP contribution in [0.25, 0.3) is 10.9 Å². The number of carbonyl (C=O) groups is 2. The molecular formula is C25H24F3N3O4. The summed E-state index contributed by atoms with van der Waals surface area (Å²) in [7, 11) is 1.54. The van der Waals surface area contributed by atoms with Gasteiger partial charge in [0.15, 0.2) is 0 Å². The van der Waals surface area contributed by atoms with E-state index in [4.69, 9.17) is 4.74 Å². The molecule has 184 valence electrons. The fourth-order valence-corrected chi connectivity index (χ4v) is 4.37. The molecule has 0 saturated heterocycles. The second-order valence-electron chi connectivity index (χ2n) is 8.47. The molecule has 0 bridgehead atoms. The Morgan fingerprint density at radius 1 is 1.09 bits per heavy atom. The summed E-state index contributed by atoms with van der Waals surface area (Å²) in [4.78, 5) is 27.8. The number of fused-ring (bicyclic) bond motifs is 1. The fourth-order valence-electron chi connectivity index (χ4n) is 4.37. The van der Waals surface area contributed by atoms with Gasteiger partial charge in [-0.25, -0.2) is 9.78 Å². The van der Waals surface area contributed by atoms with Gasteiger partial charge in [-0.2, -0.15) is 13.2 Å². The van der Waals surface area contributed by atoms with Crippen LogP contribution in [0.2, 0.25) is 0 Å². The Kier molecular flexibility index (Phi) is 6.81. The number of rotatable bonds is 6. The highest BCUT2D eigenvalue weighted by Gasteiger charge is 2.34. The van der Waals surface area contributed by atoms with E-state index in [-0.39, 0.29) is 34.8 Å². The Morgan fingerprint density at radius 2 is 1.80 bits per heavy atom. The number of anilines is 1. The maximum Gasteiger partial charge on any atom is 0.433 e. The molecule has 3 N–H and O–H groups in total. The molecule has 0 unspecified atom stereocenters. The van der Waals surface area contributed by atoms with E-state index in [2.05, 4.69) is 15.6 Å². The fraction of sp³-hybridized carbons (Fsp3) is 0.320. The molecule has 1 aliphatic carbocycles. The highest BCUT2D eigenvalue weighted by molar-refractivity contribution is 6.05. The van der Waals surface area contributed by atoms with Crippen LogP contribution in [0.15, 0.2) is 48.5 Å². The first-order valence-corrected chi connectivity index (χ1v) is 11.1. The zero-order chi connectivity index (χ0) is 25.2. The van der Waals surface area contributed by atoms with Crippen LogP contribution in [0.4, 0.5) is 18.9 Å². The molecule has 0 aliphatic heterocycles. The van der Waals surface area contributed by atoms with Gasteiger partial charge in [-0.1, -0.05) is 12.1 Å². The van der Waals surface area contributed by atoms with Crippen molar-refractivity contribution in [1.82, 2.24) is 10.3 Å². The number of pyridine rings is 1. The van der Waals surface area contributed by atoms with Crippen molar-refractivity contribution in [3.8, 4) is 5.75 Å². The van der Waals surface area contributed by atoms with E-state index in [0.29, 0.717) is 29.5 Å². The van der Waals surface area contributed by atoms with Gasteiger partial charge >= 0.3 is 12.1 Å². The quantitative estimate of drug-likeness (QED) is 0.447. The number of para-hydroxylation sites is 1. The summed E-state index contributed by atoms with van der Waals surface area (Å²) >= 11 is 0. The van der Waals surface area contributed by atoms with Gasteiger partial charge in [-0.3, -0.25) is 4.79 Å². The van der Waals surface area contributed by atoms with Gasteiger partial charge in [0, 0.05) is 28.7 Å². The number of nitrogens with one attached hydrogen (secondary N) is 2. The highest BCUT2D eigenvalue weighted by Crippen LogP contribution is 2.35. The number of hydrogen-bond acceptors (Lipinski definition) is 5. The number of alkyl halides is 3. The first-order chi connectivity index (χ1) is 16.7. The van der Waals surface area contributed by atoms with Gasteiger partial charge in [-0.05, 0) is 62.1 Å². The minimum atomic E-state index is -4.74. The molecule has 1 heterocycles. The number of halogens is 3. The van der Waals surface area contributed by atoms with E-state index in [0.717, 1.165) is 18.9 Å². The van der Waals surface area contributed by atoms with Crippen molar-refractivity contribution in [1.29, 1.82) is 0 Å². The van der Waals surface area contributed by atoms with Crippen LogP contribution >= 0.6 is 0 Å². The average molecular weight is 487 g/mol. The number of hydrogen-bond donors (Lipinski definition) is 3. The highest BCUT2D eigenvalue weighted by atomic mass is 19.4. The summed E-state index contributed by atoms with van der Waals surface area (Å²) in [5, 5.41) is 15.9. The van der Waals surface area contributed by atoms with Gasteiger partial charge in [-0.15, -0.1) is 0 Å². The van der Waals surface area contributed by atoms with Crippen molar-refractivity contribution in [3.63, 3.8) is 0 Å². The van der Waals surface area contributed by atoms with E-state index in [1.54, 1.807) is 30.3 Å². The van der Waals surface area contributed by atoms with Gasteiger partial charge in [0.1, 0.15) is 11.4 Å². The number of aromatic carboxylic acids is 1. The second-order valence-corrected chi connectivity index (χ2v) is 8.47. The molecule has 2 aromatic carbocycles. The van der Waals surface area contributed by atoms with Crippen molar-refractivity contribution >= 4 is 28.5 Å². The summed E-state index contributed by atoms with van der Waals surface area (Å²) in [6.07, 6.45) is -2.03. The Labute approximate surface area is 199 Å². The summed E-state index contributed by atoms with van der Waals surface area (Å²) in [6, 6.07) is 11.5. The third kappa shape index (κ3) is 5.47. The number of benzene rings is 2. The number of methoxy groups -OCH3 is 1. The van der Waals surface area contributed by atoms with E-state index in [1.807, 2.05) is 0 Å². The molecule has 3 aromatic rings. The number of ether oxygens (including phenoxy) is 1.